The van der Waals surface area contributed by atoms with Crippen LogP contribution in [0.3, 0.4) is 0 Å². The van der Waals surface area contributed by atoms with Crippen LogP contribution in [0.4, 0.5) is 0 Å². The van der Waals surface area contributed by atoms with Crippen LogP contribution >= 0.6 is 11.6 Å². The van der Waals surface area contributed by atoms with Crippen LogP contribution in [0.15, 0.2) is 47.1 Å². The van der Waals surface area contributed by atoms with E-state index in [1.165, 1.54) is 18.4 Å². The Bertz CT molecular complexity index is 699. The second-order valence-electron chi connectivity index (χ2n) is 4.38. The van der Waals surface area contributed by atoms with E-state index in [-0.39, 0.29) is 12.4 Å². The molecule has 2 amide bonds. The van der Waals surface area contributed by atoms with Crippen molar-refractivity contribution in [3.63, 3.8) is 0 Å². The number of benzene rings is 1. The number of hydrogen-bond acceptors (Lipinski definition) is 6. The van der Waals surface area contributed by atoms with Gasteiger partial charge in [0, 0.05) is 5.02 Å². The zero-order valence-corrected chi connectivity index (χ0v) is 13.0. The molecule has 2 aromatic rings. The number of nitrogens with one attached hydrogen (secondary N) is 2. The van der Waals surface area contributed by atoms with Crippen molar-refractivity contribution in [2.24, 2.45) is 0 Å². The third-order valence-corrected chi connectivity index (χ3v) is 2.85. The minimum absolute atomic E-state index is 0.0312. The lowest BCUT2D eigenvalue weighted by atomic mass is 10.3. The molecular weight excluding hydrogens is 340 g/mol. The number of esters is 1. The SMILES string of the molecule is O=C(COC(=O)COc1ccc(Cl)cc1)NNC(=O)c1ccco1. The van der Waals surface area contributed by atoms with E-state index in [4.69, 9.17) is 25.5 Å². The van der Waals surface area contributed by atoms with Crippen LogP contribution in [-0.4, -0.2) is 31.0 Å². The number of carbonyl (C=O) groups is 3. The smallest absolute Gasteiger partial charge is 0.344 e. The maximum atomic E-state index is 11.5. The Kier molecular flexibility index (Phi) is 6.21. The van der Waals surface area contributed by atoms with Gasteiger partial charge in [0.05, 0.1) is 6.26 Å². The molecule has 0 aliphatic heterocycles. The molecule has 0 bridgehead atoms. The predicted molar refractivity (Wildman–Crippen MR) is 82.2 cm³/mol. The van der Waals surface area contributed by atoms with Crippen LogP contribution in [0.2, 0.25) is 5.02 Å². The summed E-state index contributed by atoms with van der Waals surface area (Å²) in [7, 11) is 0. The van der Waals surface area contributed by atoms with Gasteiger partial charge in [-0.3, -0.25) is 20.4 Å². The molecule has 0 spiro atoms. The molecule has 0 unspecified atom stereocenters. The van der Waals surface area contributed by atoms with Crippen LogP contribution in [0.25, 0.3) is 0 Å². The van der Waals surface area contributed by atoms with Crippen molar-refractivity contribution < 1.29 is 28.3 Å². The normalized spacial score (nSPS) is 9.88. The fourth-order valence-corrected chi connectivity index (χ4v) is 1.62. The molecule has 0 radical (unpaired) electrons. The number of halogens is 1. The van der Waals surface area contributed by atoms with Crippen molar-refractivity contribution in [3.8, 4) is 5.75 Å². The third-order valence-electron chi connectivity index (χ3n) is 2.59. The summed E-state index contributed by atoms with van der Waals surface area (Å²) in [5.41, 5.74) is 4.18. The molecule has 0 atom stereocenters. The summed E-state index contributed by atoms with van der Waals surface area (Å²) in [4.78, 5) is 34.4. The van der Waals surface area contributed by atoms with Gasteiger partial charge in [-0.15, -0.1) is 0 Å². The molecule has 1 aromatic carbocycles. The zero-order valence-electron chi connectivity index (χ0n) is 12.3. The summed E-state index contributed by atoms with van der Waals surface area (Å²) in [6.45, 7) is -0.936. The molecule has 0 fully saturated rings. The summed E-state index contributed by atoms with van der Waals surface area (Å²) < 4.78 is 14.7. The Hall–Kier alpha value is -3.00. The van der Waals surface area contributed by atoms with Crippen molar-refractivity contribution in [2.75, 3.05) is 13.2 Å². The maximum absolute atomic E-state index is 11.5. The molecule has 0 aliphatic carbocycles. The Morgan fingerprint density at radius 1 is 1.04 bits per heavy atom. The lowest BCUT2D eigenvalue weighted by molar-refractivity contribution is -0.150. The number of ether oxygens (including phenoxy) is 2. The third kappa shape index (κ3) is 5.65. The van der Waals surface area contributed by atoms with E-state index in [9.17, 15) is 14.4 Å². The highest BCUT2D eigenvalue weighted by atomic mass is 35.5. The van der Waals surface area contributed by atoms with Gasteiger partial charge in [0.1, 0.15) is 5.75 Å². The van der Waals surface area contributed by atoms with Crippen LogP contribution in [0, 0.1) is 0 Å². The van der Waals surface area contributed by atoms with E-state index < -0.39 is 24.4 Å². The van der Waals surface area contributed by atoms with Gasteiger partial charge in [-0.05, 0) is 36.4 Å². The number of carbonyl (C=O) groups excluding carboxylic acids is 3. The van der Waals surface area contributed by atoms with Gasteiger partial charge >= 0.3 is 11.9 Å². The summed E-state index contributed by atoms with van der Waals surface area (Å²) in [5.74, 6) is -1.62. The number of hydrogen-bond donors (Lipinski definition) is 2. The monoisotopic (exact) mass is 352 g/mol. The number of hydrazine groups is 1. The van der Waals surface area contributed by atoms with E-state index in [2.05, 4.69) is 10.9 Å². The molecule has 2 N–H and O–H groups in total. The van der Waals surface area contributed by atoms with Crippen molar-refractivity contribution in [3.05, 3.63) is 53.4 Å². The Balaban J connectivity index is 1.63. The second-order valence-corrected chi connectivity index (χ2v) is 4.82. The molecule has 2 rings (SSSR count). The topological polar surface area (TPSA) is 107 Å². The predicted octanol–water partition coefficient (Wildman–Crippen LogP) is 1.32. The first-order valence-electron chi connectivity index (χ1n) is 6.71. The van der Waals surface area contributed by atoms with Gasteiger partial charge < -0.3 is 13.9 Å². The first kappa shape index (κ1) is 17.4. The molecule has 0 aliphatic rings. The lowest BCUT2D eigenvalue weighted by Gasteiger charge is -2.08. The molecule has 9 heteroatoms. The van der Waals surface area contributed by atoms with Gasteiger partial charge in [0.25, 0.3) is 5.91 Å². The highest BCUT2D eigenvalue weighted by molar-refractivity contribution is 6.30. The molecule has 0 saturated heterocycles. The average molecular weight is 353 g/mol. The highest BCUT2D eigenvalue weighted by Gasteiger charge is 2.11. The Labute approximate surface area is 141 Å². The van der Waals surface area contributed by atoms with Crippen molar-refractivity contribution >= 4 is 29.4 Å². The fourth-order valence-electron chi connectivity index (χ4n) is 1.49. The molecule has 1 aromatic heterocycles. The van der Waals surface area contributed by atoms with E-state index in [0.717, 1.165) is 0 Å². The fraction of sp³-hybridized carbons (Fsp3) is 0.133. The minimum atomic E-state index is -0.738. The quantitative estimate of drug-likeness (QED) is 0.599. The molecule has 1 heterocycles. The van der Waals surface area contributed by atoms with E-state index in [0.29, 0.717) is 10.8 Å². The highest BCUT2D eigenvalue weighted by Crippen LogP contribution is 2.15. The minimum Gasteiger partial charge on any atom is -0.482 e. The largest absolute Gasteiger partial charge is 0.482 e. The molecular formula is C15H13ClN2O6. The van der Waals surface area contributed by atoms with Crippen molar-refractivity contribution in [1.29, 1.82) is 0 Å². The van der Waals surface area contributed by atoms with E-state index >= 15 is 0 Å². The zero-order chi connectivity index (χ0) is 17.4. The van der Waals surface area contributed by atoms with Crippen LogP contribution in [0.5, 0.6) is 5.75 Å². The molecule has 126 valence electrons. The maximum Gasteiger partial charge on any atom is 0.344 e. The van der Waals surface area contributed by atoms with Crippen LogP contribution < -0.4 is 15.6 Å². The van der Waals surface area contributed by atoms with Crippen molar-refractivity contribution in [2.45, 2.75) is 0 Å². The summed E-state index contributed by atoms with van der Waals surface area (Å²) in [6, 6.07) is 9.35. The van der Waals surface area contributed by atoms with Crippen molar-refractivity contribution in [1.82, 2.24) is 10.9 Å². The number of rotatable bonds is 6. The van der Waals surface area contributed by atoms with Crippen LogP contribution in [-0.2, 0) is 14.3 Å². The summed E-state index contributed by atoms with van der Waals surface area (Å²) in [5, 5.41) is 0.540. The Morgan fingerprint density at radius 3 is 2.46 bits per heavy atom. The van der Waals surface area contributed by atoms with Crippen LogP contribution in [0.1, 0.15) is 10.6 Å². The molecule has 24 heavy (non-hydrogen) atoms. The van der Waals surface area contributed by atoms with E-state index in [1.54, 1.807) is 24.3 Å². The molecule has 8 nitrogen and oxygen atoms in total. The average Bonchev–Trinajstić information content (AvgIpc) is 3.12. The van der Waals surface area contributed by atoms with Gasteiger partial charge in [-0.25, -0.2) is 4.79 Å². The van der Waals surface area contributed by atoms with Gasteiger partial charge in [-0.2, -0.15) is 0 Å². The number of furan rings is 1. The summed E-state index contributed by atoms with van der Waals surface area (Å²) >= 11 is 5.72. The van der Waals surface area contributed by atoms with Gasteiger partial charge in [-0.1, -0.05) is 11.6 Å². The second kappa shape index (κ2) is 8.59. The molecule has 0 saturated carbocycles. The number of amides is 2. The lowest BCUT2D eigenvalue weighted by Crippen LogP contribution is -2.43. The van der Waals surface area contributed by atoms with E-state index in [1.807, 2.05) is 0 Å². The first-order valence-corrected chi connectivity index (χ1v) is 7.09. The van der Waals surface area contributed by atoms with Gasteiger partial charge in [0.15, 0.2) is 19.0 Å². The standard InChI is InChI=1S/C15H13ClN2O6/c16-10-3-5-11(6-4-10)23-9-14(20)24-8-13(19)17-18-15(21)12-2-1-7-22-12/h1-7H,8-9H2,(H,17,19)(H,18,21). The van der Waals surface area contributed by atoms with Gasteiger partial charge in [0.2, 0.25) is 0 Å². The summed E-state index contributed by atoms with van der Waals surface area (Å²) in [6.07, 6.45) is 1.32. The Morgan fingerprint density at radius 2 is 1.79 bits per heavy atom. The first-order chi connectivity index (χ1) is 11.5.